The van der Waals surface area contributed by atoms with Crippen LogP contribution in [0.15, 0.2) is 95.5 Å². The molecule has 134 valence electrons. The molecular formula is C25H15BrO2. The Balaban J connectivity index is 1.84. The van der Waals surface area contributed by atoms with Crippen molar-refractivity contribution in [2.45, 2.75) is 5.41 Å². The first-order valence-electron chi connectivity index (χ1n) is 9.23. The zero-order chi connectivity index (χ0) is 18.7. The summed E-state index contributed by atoms with van der Waals surface area (Å²) in [6, 6.07) is 31.2. The average Bonchev–Trinajstić information content (AvgIpc) is 2.73. The minimum absolute atomic E-state index is 0.490. The second kappa shape index (κ2) is 5.73. The molecule has 0 aliphatic carbocycles. The van der Waals surface area contributed by atoms with Gasteiger partial charge in [0, 0.05) is 26.7 Å². The summed E-state index contributed by atoms with van der Waals surface area (Å²) in [7, 11) is 0. The van der Waals surface area contributed by atoms with Gasteiger partial charge in [0.25, 0.3) is 0 Å². The van der Waals surface area contributed by atoms with E-state index in [1.54, 1.807) is 0 Å². The Morgan fingerprint density at radius 3 is 1.46 bits per heavy atom. The van der Waals surface area contributed by atoms with Crippen molar-refractivity contribution in [3.8, 4) is 23.0 Å². The summed E-state index contributed by atoms with van der Waals surface area (Å²) in [5, 5.41) is 0. The quantitative estimate of drug-likeness (QED) is 0.259. The Kier molecular flexibility index (Phi) is 3.27. The molecule has 4 aromatic carbocycles. The summed E-state index contributed by atoms with van der Waals surface area (Å²) in [5.74, 6) is 3.50. The van der Waals surface area contributed by atoms with Crippen LogP contribution in [0.4, 0.5) is 0 Å². The summed E-state index contributed by atoms with van der Waals surface area (Å²) in [6.07, 6.45) is 0. The Morgan fingerprint density at radius 2 is 0.929 bits per heavy atom. The second-order valence-corrected chi connectivity index (χ2v) is 8.00. The van der Waals surface area contributed by atoms with Crippen molar-refractivity contribution in [3.05, 3.63) is 118 Å². The smallest absolute Gasteiger partial charge is 0.133 e. The molecule has 0 radical (unpaired) electrons. The third-order valence-electron chi connectivity index (χ3n) is 5.66. The highest BCUT2D eigenvalue weighted by molar-refractivity contribution is 9.10. The Morgan fingerprint density at radius 1 is 0.500 bits per heavy atom. The molecule has 28 heavy (non-hydrogen) atoms. The second-order valence-electron chi connectivity index (χ2n) is 7.08. The molecule has 0 unspecified atom stereocenters. The number of fused-ring (bicyclic) bond motifs is 8. The van der Waals surface area contributed by atoms with Crippen molar-refractivity contribution < 1.29 is 9.47 Å². The predicted molar refractivity (Wildman–Crippen MR) is 113 cm³/mol. The topological polar surface area (TPSA) is 18.5 Å². The van der Waals surface area contributed by atoms with E-state index < -0.39 is 5.41 Å². The molecule has 4 aromatic rings. The van der Waals surface area contributed by atoms with Crippen LogP contribution in [0.5, 0.6) is 23.0 Å². The zero-order valence-corrected chi connectivity index (χ0v) is 16.4. The van der Waals surface area contributed by atoms with E-state index >= 15 is 0 Å². The number of rotatable bonds is 0. The van der Waals surface area contributed by atoms with Crippen LogP contribution in [0.3, 0.4) is 0 Å². The molecule has 2 nitrogen and oxygen atoms in total. The van der Waals surface area contributed by atoms with E-state index in [9.17, 15) is 0 Å². The molecule has 2 aliphatic rings. The lowest BCUT2D eigenvalue weighted by Gasteiger charge is -2.44. The molecule has 0 aromatic heterocycles. The fourth-order valence-corrected chi connectivity index (χ4v) is 4.93. The average molecular weight is 427 g/mol. The monoisotopic (exact) mass is 426 g/mol. The molecule has 0 saturated heterocycles. The van der Waals surface area contributed by atoms with E-state index in [4.69, 9.17) is 9.47 Å². The van der Waals surface area contributed by atoms with Crippen molar-refractivity contribution >= 4 is 15.9 Å². The highest BCUT2D eigenvalue weighted by Crippen LogP contribution is 2.61. The molecule has 6 rings (SSSR count). The molecule has 0 bridgehead atoms. The van der Waals surface area contributed by atoms with Crippen LogP contribution in [0, 0.1) is 0 Å². The van der Waals surface area contributed by atoms with Gasteiger partial charge in [-0.1, -0.05) is 76.6 Å². The maximum absolute atomic E-state index is 6.35. The Bertz CT molecular complexity index is 1180. The minimum atomic E-state index is -0.490. The maximum Gasteiger partial charge on any atom is 0.133 e. The van der Waals surface area contributed by atoms with Crippen LogP contribution in [0.2, 0.25) is 0 Å². The van der Waals surface area contributed by atoms with E-state index in [0.717, 1.165) is 49.7 Å². The van der Waals surface area contributed by atoms with Crippen molar-refractivity contribution in [1.82, 2.24) is 0 Å². The van der Waals surface area contributed by atoms with Gasteiger partial charge in [0.15, 0.2) is 0 Å². The minimum Gasteiger partial charge on any atom is -0.457 e. The van der Waals surface area contributed by atoms with Gasteiger partial charge in [0.1, 0.15) is 23.0 Å². The Labute approximate surface area is 171 Å². The standard InChI is InChI=1S/C25H15BrO2/c26-16-13-14-20-24(15-16)28-23-12-6-3-9-19(23)25(20)17-7-1-4-10-21(17)27-22-11-5-2-8-18(22)25/h1-15H. The summed E-state index contributed by atoms with van der Waals surface area (Å²) in [5.41, 5.74) is 4.03. The van der Waals surface area contributed by atoms with E-state index in [1.165, 1.54) is 0 Å². The van der Waals surface area contributed by atoms with Gasteiger partial charge in [-0.25, -0.2) is 0 Å². The summed E-state index contributed by atoms with van der Waals surface area (Å²) >= 11 is 3.60. The highest BCUT2D eigenvalue weighted by atomic mass is 79.9. The Hall–Kier alpha value is -3.04. The third kappa shape index (κ3) is 1.97. The fraction of sp³-hybridized carbons (Fsp3) is 0.0400. The maximum atomic E-state index is 6.35. The molecule has 0 N–H and O–H groups in total. The normalized spacial score (nSPS) is 14.8. The van der Waals surface area contributed by atoms with E-state index in [0.29, 0.717) is 0 Å². The molecular weight excluding hydrogens is 412 g/mol. The predicted octanol–water partition coefficient (Wildman–Crippen LogP) is 7.04. The van der Waals surface area contributed by atoms with Gasteiger partial charge in [-0.2, -0.15) is 0 Å². The van der Waals surface area contributed by atoms with Crippen LogP contribution in [0.25, 0.3) is 0 Å². The van der Waals surface area contributed by atoms with Crippen LogP contribution in [-0.2, 0) is 5.41 Å². The SMILES string of the molecule is Brc1ccc2c(c1)Oc1ccccc1C21c2ccccc2Oc2ccccc21. The van der Waals surface area contributed by atoms with Crippen LogP contribution < -0.4 is 9.47 Å². The molecule has 3 heteroatoms. The van der Waals surface area contributed by atoms with Crippen LogP contribution in [-0.4, -0.2) is 0 Å². The number of hydrogen-bond donors (Lipinski definition) is 0. The van der Waals surface area contributed by atoms with Crippen molar-refractivity contribution in [1.29, 1.82) is 0 Å². The summed E-state index contributed by atoms with van der Waals surface area (Å²) < 4.78 is 13.6. The number of benzene rings is 4. The molecule has 0 saturated carbocycles. The number of ether oxygens (including phenoxy) is 2. The van der Waals surface area contributed by atoms with Gasteiger partial charge in [0.05, 0.1) is 5.41 Å². The summed E-state index contributed by atoms with van der Waals surface area (Å²) in [4.78, 5) is 0. The number of halogens is 1. The van der Waals surface area contributed by atoms with Crippen molar-refractivity contribution in [2.75, 3.05) is 0 Å². The number of hydrogen-bond acceptors (Lipinski definition) is 2. The molecule has 1 spiro atoms. The molecule has 2 heterocycles. The van der Waals surface area contributed by atoms with Crippen molar-refractivity contribution in [3.63, 3.8) is 0 Å². The highest BCUT2D eigenvalue weighted by Gasteiger charge is 2.50. The molecule has 0 atom stereocenters. The lowest BCUT2D eigenvalue weighted by atomic mass is 9.62. The third-order valence-corrected chi connectivity index (χ3v) is 6.15. The molecule has 0 fully saturated rings. The first kappa shape index (κ1) is 16.0. The van der Waals surface area contributed by atoms with Gasteiger partial charge < -0.3 is 9.47 Å². The van der Waals surface area contributed by atoms with Gasteiger partial charge in [-0.05, 0) is 30.3 Å². The number of para-hydroxylation sites is 3. The van der Waals surface area contributed by atoms with Crippen molar-refractivity contribution in [2.24, 2.45) is 0 Å². The van der Waals surface area contributed by atoms with Gasteiger partial charge in [-0.3, -0.25) is 0 Å². The van der Waals surface area contributed by atoms with Gasteiger partial charge in [0.2, 0.25) is 0 Å². The largest absolute Gasteiger partial charge is 0.457 e. The lowest BCUT2D eigenvalue weighted by Crippen LogP contribution is -2.36. The molecule has 2 aliphatic heterocycles. The lowest BCUT2D eigenvalue weighted by molar-refractivity contribution is 0.399. The van der Waals surface area contributed by atoms with Gasteiger partial charge in [-0.15, -0.1) is 0 Å². The first-order valence-corrected chi connectivity index (χ1v) is 10.0. The van der Waals surface area contributed by atoms with Gasteiger partial charge >= 0.3 is 0 Å². The van der Waals surface area contributed by atoms with E-state index in [-0.39, 0.29) is 0 Å². The first-order chi connectivity index (χ1) is 13.8. The fourth-order valence-electron chi connectivity index (χ4n) is 4.59. The van der Waals surface area contributed by atoms with E-state index in [2.05, 4.69) is 64.5 Å². The molecule has 0 amide bonds. The summed E-state index contributed by atoms with van der Waals surface area (Å²) in [6.45, 7) is 0. The zero-order valence-electron chi connectivity index (χ0n) is 14.9. The van der Waals surface area contributed by atoms with Crippen LogP contribution >= 0.6 is 15.9 Å². The van der Waals surface area contributed by atoms with Crippen LogP contribution in [0.1, 0.15) is 22.3 Å². The van der Waals surface area contributed by atoms with E-state index in [1.807, 2.05) is 42.5 Å².